The van der Waals surface area contributed by atoms with Crippen LogP contribution in [-0.4, -0.2) is 16.0 Å². The molecule has 0 amide bonds. The number of nitro benzene ring substituents is 1. The van der Waals surface area contributed by atoms with Crippen LogP contribution in [0.25, 0.3) is 0 Å². The Kier molecular flexibility index (Phi) is 3.86. The molecule has 0 unspecified atom stereocenters. The summed E-state index contributed by atoms with van der Waals surface area (Å²) in [6, 6.07) is 9.58. The quantitative estimate of drug-likeness (QED) is 0.685. The molecule has 0 aliphatic rings. The van der Waals surface area contributed by atoms with Gasteiger partial charge in [0.25, 0.3) is 5.69 Å². The van der Waals surface area contributed by atoms with E-state index in [-0.39, 0.29) is 17.0 Å². The minimum absolute atomic E-state index is 0.117. The second kappa shape index (κ2) is 5.58. The van der Waals surface area contributed by atoms with Gasteiger partial charge < -0.3 is 9.84 Å². The first-order valence-electron chi connectivity index (χ1n) is 5.42. The van der Waals surface area contributed by atoms with Crippen molar-refractivity contribution < 1.29 is 19.6 Å². The number of ether oxygens (including phenoxy) is 1. The van der Waals surface area contributed by atoms with Crippen molar-refractivity contribution in [2.75, 3.05) is 0 Å². The van der Waals surface area contributed by atoms with Gasteiger partial charge in [-0.05, 0) is 24.3 Å². The zero-order chi connectivity index (χ0) is 14.7. The molecular formula is C13H8ClNO5. The van der Waals surface area contributed by atoms with Crippen LogP contribution in [0.2, 0.25) is 5.02 Å². The van der Waals surface area contributed by atoms with E-state index in [1.165, 1.54) is 6.07 Å². The molecule has 0 bridgehead atoms. The van der Waals surface area contributed by atoms with Crippen molar-refractivity contribution in [1.82, 2.24) is 0 Å². The van der Waals surface area contributed by atoms with Crippen LogP contribution in [0, 0.1) is 10.1 Å². The van der Waals surface area contributed by atoms with Crippen LogP contribution in [0.4, 0.5) is 5.69 Å². The average molecular weight is 294 g/mol. The first kappa shape index (κ1) is 13.8. The summed E-state index contributed by atoms with van der Waals surface area (Å²) in [5.74, 6) is -1.06. The lowest BCUT2D eigenvalue weighted by molar-refractivity contribution is -0.384. The Morgan fingerprint density at radius 2 is 2.00 bits per heavy atom. The van der Waals surface area contributed by atoms with Crippen LogP contribution in [0.3, 0.4) is 0 Å². The SMILES string of the molecule is O=C(O)c1ccc([N+](=O)[O-])cc1Oc1cccc(Cl)c1. The fourth-order valence-electron chi connectivity index (χ4n) is 1.54. The van der Waals surface area contributed by atoms with E-state index in [1.807, 2.05) is 0 Å². The summed E-state index contributed by atoms with van der Waals surface area (Å²) in [4.78, 5) is 21.2. The molecule has 7 heteroatoms. The lowest BCUT2D eigenvalue weighted by Crippen LogP contribution is -2.01. The summed E-state index contributed by atoms with van der Waals surface area (Å²) in [6.07, 6.45) is 0. The maximum absolute atomic E-state index is 11.1. The molecule has 0 saturated carbocycles. The molecule has 2 rings (SSSR count). The minimum atomic E-state index is -1.24. The number of halogens is 1. The van der Waals surface area contributed by atoms with Gasteiger partial charge in [0, 0.05) is 11.1 Å². The smallest absolute Gasteiger partial charge is 0.339 e. The van der Waals surface area contributed by atoms with Crippen molar-refractivity contribution in [2.45, 2.75) is 0 Å². The lowest BCUT2D eigenvalue weighted by Gasteiger charge is -2.08. The molecule has 6 nitrogen and oxygen atoms in total. The number of non-ortho nitro benzene ring substituents is 1. The van der Waals surface area contributed by atoms with Gasteiger partial charge in [-0.15, -0.1) is 0 Å². The molecule has 0 atom stereocenters. The highest BCUT2D eigenvalue weighted by Crippen LogP contribution is 2.30. The summed E-state index contributed by atoms with van der Waals surface area (Å²) >= 11 is 5.79. The molecule has 0 aliphatic heterocycles. The third-order valence-corrected chi connectivity index (χ3v) is 2.67. The second-order valence-electron chi connectivity index (χ2n) is 3.80. The van der Waals surface area contributed by atoms with E-state index in [0.29, 0.717) is 10.8 Å². The van der Waals surface area contributed by atoms with Crippen LogP contribution < -0.4 is 4.74 Å². The van der Waals surface area contributed by atoms with E-state index >= 15 is 0 Å². The van der Waals surface area contributed by atoms with Gasteiger partial charge in [-0.3, -0.25) is 10.1 Å². The van der Waals surface area contributed by atoms with Gasteiger partial charge in [-0.1, -0.05) is 17.7 Å². The number of aromatic carboxylic acids is 1. The molecular weight excluding hydrogens is 286 g/mol. The van der Waals surface area contributed by atoms with Crippen LogP contribution in [0.5, 0.6) is 11.5 Å². The number of carboxylic acids is 1. The fraction of sp³-hybridized carbons (Fsp3) is 0. The van der Waals surface area contributed by atoms with E-state index in [0.717, 1.165) is 18.2 Å². The van der Waals surface area contributed by atoms with Crippen molar-refractivity contribution in [1.29, 1.82) is 0 Å². The Labute approximate surface area is 118 Å². The third kappa shape index (κ3) is 3.04. The van der Waals surface area contributed by atoms with Crippen molar-refractivity contribution >= 4 is 23.3 Å². The number of hydrogen-bond acceptors (Lipinski definition) is 4. The predicted molar refractivity (Wildman–Crippen MR) is 71.6 cm³/mol. The van der Waals surface area contributed by atoms with Crippen molar-refractivity contribution in [2.24, 2.45) is 0 Å². The van der Waals surface area contributed by atoms with E-state index < -0.39 is 10.9 Å². The zero-order valence-electron chi connectivity index (χ0n) is 9.95. The fourth-order valence-corrected chi connectivity index (χ4v) is 1.72. The van der Waals surface area contributed by atoms with Crippen LogP contribution in [0.15, 0.2) is 42.5 Å². The zero-order valence-corrected chi connectivity index (χ0v) is 10.7. The summed E-state index contributed by atoms with van der Waals surface area (Å²) in [5.41, 5.74) is -0.428. The molecule has 0 spiro atoms. The van der Waals surface area contributed by atoms with E-state index in [1.54, 1.807) is 18.2 Å². The summed E-state index contributed by atoms with van der Waals surface area (Å²) in [7, 11) is 0. The van der Waals surface area contributed by atoms with E-state index in [9.17, 15) is 14.9 Å². The molecule has 1 N–H and O–H groups in total. The number of hydrogen-bond donors (Lipinski definition) is 1. The molecule has 20 heavy (non-hydrogen) atoms. The van der Waals surface area contributed by atoms with Crippen molar-refractivity contribution in [3.63, 3.8) is 0 Å². The molecule has 2 aromatic rings. The van der Waals surface area contributed by atoms with Gasteiger partial charge in [0.2, 0.25) is 0 Å². The summed E-state index contributed by atoms with van der Waals surface area (Å²) in [5, 5.41) is 20.2. The Balaban J connectivity index is 2.44. The molecule has 0 aromatic heterocycles. The van der Waals surface area contributed by atoms with E-state index in [4.69, 9.17) is 21.4 Å². The monoisotopic (exact) mass is 293 g/mol. The Morgan fingerprint density at radius 1 is 1.25 bits per heavy atom. The van der Waals surface area contributed by atoms with Crippen LogP contribution in [0.1, 0.15) is 10.4 Å². The maximum atomic E-state index is 11.1. The lowest BCUT2D eigenvalue weighted by atomic mass is 10.2. The summed E-state index contributed by atoms with van der Waals surface area (Å²) < 4.78 is 5.37. The van der Waals surface area contributed by atoms with Crippen LogP contribution in [-0.2, 0) is 0 Å². The molecule has 0 radical (unpaired) electrons. The van der Waals surface area contributed by atoms with Gasteiger partial charge in [-0.25, -0.2) is 4.79 Å². The number of carbonyl (C=O) groups is 1. The Hall–Kier alpha value is -2.60. The van der Waals surface area contributed by atoms with Gasteiger partial charge in [0.1, 0.15) is 17.1 Å². The Bertz CT molecular complexity index is 686. The molecule has 102 valence electrons. The predicted octanol–water partition coefficient (Wildman–Crippen LogP) is 3.74. The highest BCUT2D eigenvalue weighted by Gasteiger charge is 2.17. The number of benzene rings is 2. The normalized spacial score (nSPS) is 10.1. The minimum Gasteiger partial charge on any atom is -0.478 e. The van der Waals surface area contributed by atoms with Gasteiger partial charge in [0.15, 0.2) is 0 Å². The van der Waals surface area contributed by atoms with Crippen molar-refractivity contribution in [3.8, 4) is 11.5 Å². The average Bonchev–Trinajstić information content (AvgIpc) is 2.38. The summed E-state index contributed by atoms with van der Waals surface area (Å²) in [6.45, 7) is 0. The number of rotatable bonds is 4. The maximum Gasteiger partial charge on any atom is 0.339 e. The topological polar surface area (TPSA) is 89.7 Å². The first-order chi connectivity index (χ1) is 9.47. The molecule has 0 saturated heterocycles. The first-order valence-corrected chi connectivity index (χ1v) is 5.80. The highest BCUT2D eigenvalue weighted by atomic mass is 35.5. The van der Waals surface area contributed by atoms with Gasteiger partial charge in [0.05, 0.1) is 11.0 Å². The standard InChI is InChI=1S/C13H8ClNO5/c14-8-2-1-3-10(6-8)20-12-7-9(15(18)19)4-5-11(12)13(16)17/h1-7H,(H,16,17). The number of nitro groups is 1. The Morgan fingerprint density at radius 3 is 2.60 bits per heavy atom. The largest absolute Gasteiger partial charge is 0.478 e. The second-order valence-corrected chi connectivity index (χ2v) is 4.24. The van der Waals surface area contributed by atoms with Gasteiger partial charge >= 0.3 is 5.97 Å². The highest BCUT2D eigenvalue weighted by molar-refractivity contribution is 6.30. The van der Waals surface area contributed by atoms with Gasteiger partial charge in [-0.2, -0.15) is 0 Å². The molecule has 0 fully saturated rings. The molecule has 2 aromatic carbocycles. The number of carboxylic acid groups (broad SMARTS) is 1. The van der Waals surface area contributed by atoms with Crippen LogP contribution >= 0.6 is 11.6 Å². The number of nitrogens with zero attached hydrogens (tertiary/aromatic N) is 1. The van der Waals surface area contributed by atoms with E-state index in [2.05, 4.69) is 0 Å². The molecule has 0 heterocycles. The third-order valence-electron chi connectivity index (χ3n) is 2.43. The molecule has 0 aliphatic carbocycles. The van der Waals surface area contributed by atoms with Crippen molar-refractivity contribution in [3.05, 3.63) is 63.2 Å².